The highest BCUT2D eigenvalue weighted by Gasteiger charge is 2.28. The van der Waals surface area contributed by atoms with E-state index in [0.717, 1.165) is 0 Å². The SMILES string of the molecule is O=C(Cl)C1OC(Cl)CS1. The fourth-order valence-corrected chi connectivity index (χ4v) is 1.87. The van der Waals surface area contributed by atoms with Crippen molar-refractivity contribution in [3.63, 3.8) is 0 Å². The predicted molar refractivity (Wildman–Crippen MR) is 37.8 cm³/mol. The summed E-state index contributed by atoms with van der Waals surface area (Å²) in [5.41, 5.74) is -0.906. The summed E-state index contributed by atoms with van der Waals surface area (Å²) >= 11 is 11.9. The minimum atomic E-state index is -0.547. The molecular weight excluding hydrogens is 183 g/mol. The summed E-state index contributed by atoms with van der Waals surface area (Å²) in [6.07, 6.45) is 0. The molecule has 0 aliphatic carbocycles. The standard InChI is InChI=1S/C4H4Cl2O2S/c5-2-1-9-4(8-2)3(6)7/h2,4H,1H2. The van der Waals surface area contributed by atoms with Gasteiger partial charge in [-0.25, -0.2) is 0 Å². The monoisotopic (exact) mass is 186 g/mol. The van der Waals surface area contributed by atoms with Crippen molar-refractivity contribution in [3.05, 3.63) is 0 Å². The van der Waals surface area contributed by atoms with Gasteiger partial charge in [0.05, 0.1) is 0 Å². The average molecular weight is 187 g/mol. The van der Waals surface area contributed by atoms with Gasteiger partial charge >= 0.3 is 0 Å². The molecule has 0 aromatic carbocycles. The largest absolute Gasteiger partial charge is 0.338 e. The molecule has 2 unspecified atom stereocenters. The lowest BCUT2D eigenvalue weighted by Gasteiger charge is -2.00. The van der Waals surface area contributed by atoms with Crippen LogP contribution in [-0.4, -0.2) is 22.0 Å². The van der Waals surface area contributed by atoms with Gasteiger partial charge in [-0.2, -0.15) is 0 Å². The second-order valence-corrected chi connectivity index (χ2v) is 3.47. The highest BCUT2D eigenvalue weighted by atomic mass is 35.5. The number of hydrogen-bond donors (Lipinski definition) is 0. The fraction of sp³-hybridized carbons (Fsp3) is 0.750. The molecule has 0 N–H and O–H groups in total. The van der Waals surface area contributed by atoms with E-state index in [9.17, 15) is 4.79 Å². The maximum atomic E-state index is 10.4. The molecule has 52 valence electrons. The lowest BCUT2D eigenvalue weighted by atomic mass is 10.8. The van der Waals surface area contributed by atoms with E-state index >= 15 is 0 Å². The molecule has 2 atom stereocenters. The summed E-state index contributed by atoms with van der Waals surface area (Å²) < 4.78 is 4.87. The van der Waals surface area contributed by atoms with Crippen molar-refractivity contribution < 1.29 is 9.53 Å². The third-order valence-electron chi connectivity index (χ3n) is 0.835. The Morgan fingerprint density at radius 1 is 1.78 bits per heavy atom. The van der Waals surface area contributed by atoms with E-state index in [1.807, 2.05) is 0 Å². The van der Waals surface area contributed by atoms with E-state index in [2.05, 4.69) is 0 Å². The van der Waals surface area contributed by atoms with Crippen molar-refractivity contribution >= 4 is 40.2 Å². The molecule has 0 saturated carbocycles. The van der Waals surface area contributed by atoms with Crippen molar-refractivity contribution in [2.45, 2.75) is 11.0 Å². The summed E-state index contributed by atoms with van der Waals surface area (Å²) in [6.45, 7) is 0. The zero-order chi connectivity index (χ0) is 6.85. The minimum absolute atomic E-state index is 0.359. The molecular formula is C4H4Cl2O2S. The Morgan fingerprint density at radius 3 is 2.67 bits per heavy atom. The molecule has 5 heteroatoms. The van der Waals surface area contributed by atoms with Gasteiger partial charge in [-0.05, 0) is 11.6 Å². The molecule has 1 saturated heterocycles. The summed E-state index contributed by atoms with van der Waals surface area (Å²) in [4.78, 5) is 10.4. The Kier molecular flexibility index (Phi) is 2.64. The first kappa shape index (κ1) is 7.66. The van der Waals surface area contributed by atoms with E-state index in [4.69, 9.17) is 27.9 Å². The molecule has 0 amide bonds. The van der Waals surface area contributed by atoms with Crippen LogP contribution in [0.4, 0.5) is 0 Å². The van der Waals surface area contributed by atoms with Gasteiger partial charge in [0.25, 0.3) is 5.24 Å². The quantitative estimate of drug-likeness (QED) is 0.458. The zero-order valence-electron chi connectivity index (χ0n) is 4.34. The average Bonchev–Trinajstić information content (AvgIpc) is 2.14. The number of carbonyl (C=O) groups is 1. The van der Waals surface area contributed by atoms with Crippen LogP contribution in [0.25, 0.3) is 0 Å². The lowest BCUT2D eigenvalue weighted by molar-refractivity contribution is -0.117. The highest BCUT2D eigenvalue weighted by molar-refractivity contribution is 8.00. The molecule has 0 radical (unpaired) electrons. The number of ether oxygens (including phenoxy) is 1. The second kappa shape index (κ2) is 3.10. The van der Waals surface area contributed by atoms with Gasteiger partial charge in [-0.15, -0.1) is 11.8 Å². The fourth-order valence-electron chi connectivity index (χ4n) is 0.495. The van der Waals surface area contributed by atoms with E-state index in [0.29, 0.717) is 5.75 Å². The van der Waals surface area contributed by atoms with Crippen molar-refractivity contribution in [3.8, 4) is 0 Å². The van der Waals surface area contributed by atoms with Gasteiger partial charge in [0.15, 0.2) is 5.44 Å². The van der Waals surface area contributed by atoms with Crippen LogP contribution in [0.5, 0.6) is 0 Å². The van der Waals surface area contributed by atoms with E-state index in [1.165, 1.54) is 11.8 Å². The molecule has 0 aromatic heterocycles. The Bertz CT molecular complexity index is 130. The van der Waals surface area contributed by atoms with Gasteiger partial charge < -0.3 is 4.74 Å². The number of rotatable bonds is 1. The summed E-state index contributed by atoms with van der Waals surface area (Å²) in [5.74, 6) is 0.630. The molecule has 1 aliphatic heterocycles. The summed E-state index contributed by atoms with van der Waals surface area (Å²) in [7, 11) is 0. The van der Waals surface area contributed by atoms with Crippen LogP contribution in [0.1, 0.15) is 0 Å². The highest BCUT2D eigenvalue weighted by Crippen LogP contribution is 2.28. The molecule has 2 nitrogen and oxygen atoms in total. The molecule has 1 aliphatic rings. The van der Waals surface area contributed by atoms with Gasteiger partial charge in [-0.1, -0.05) is 11.6 Å². The molecule has 1 rings (SSSR count). The van der Waals surface area contributed by atoms with Crippen LogP contribution in [0.2, 0.25) is 0 Å². The summed E-state index contributed by atoms with van der Waals surface area (Å²) in [6, 6.07) is 0. The first-order valence-corrected chi connectivity index (χ1v) is 4.17. The van der Waals surface area contributed by atoms with E-state index in [1.54, 1.807) is 0 Å². The third-order valence-corrected chi connectivity index (χ3v) is 2.73. The van der Waals surface area contributed by atoms with Crippen LogP contribution in [-0.2, 0) is 9.53 Å². The zero-order valence-corrected chi connectivity index (χ0v) is 6.67. The molecule has 0 aromatic rings. The molecule has 1 heterocycles. The lowest BCUT2D eigenvalue weighted by Crippen LogP contribution is -2.11. The minimum Gasteiger partial charge on any atom is -0.338 e. The Labute approximate surface area is 66.8 Å². The van der Waals surface area contributed by atoms with E-state index in [-0.39, 0.29) is 5.56 Å². The number of carbonyl (C=O) groups excluding carboxylic acids is 1. The van der Waals surface area contributed by atoms with Crippen molar-refractivity contribution in [1.82, 2.24) is 0 Å². The van der Waals surface area contributed by atoms with E-state index < -0.39 is 10.7 Å². The maximum absolute atomic E-state index is 10.4. The Morgan fingerprint density at radius 2 is 2.44 bits per heavy atom. The normalized spacial score (nSPS) is 34.9. The second-order valence-electron chi connectivity index (χ2n) is 1.52. The molecule has 9 heavy (non-hydrogen) atoms. The first-order chi connectivity index (χ1) is 4.20. The van der Waals surface area contributed by atoms with Gasteiger partial charge in [0.1, 0.15) is 5.56 Å². The maximum Gasteiger partial charge on any atom is 0.260 e. The summed E-state index contributed by atoms with van der Waals surface area (Å²) in [5, 5.41) is -0.483. The Hall–Kier alpha value is 0.560. The number of hydrogen-bond acceptors (Lipinski definition) is 3. The molecule has 0 spiro atoms. The van der Waals surface area contributed by atoms with Crippen molar-refractivity contribution in [2.75, 3.05) is 5.75 Å². The molecule has 0 bridgehead atoms. The predicted octanol–water partition coefficient (Wildman–Crippen LogP) is 1.41. The van der Waals surface area contributed by atoms with Crippen LogP contribution in [0, 0.1) is 0 Å². The van der Waals surface area contributed by atoms with Crippen LogP contribution in [0.3, 0.4) is 0 Å². The Balaban J connectivity index is 2.39. The van der Waals surface area contributed by atoms with Crippen LogP contribution in [0.15, 0.2) is 0 Å². The number of halogens is 2. The first-order valence-electron chi connectivity index (χ1n) is 2.30. The van der Waals surface area contributed by atoms with Gasteiger partial charge in [-0.3, -0.25) is 4.79 Å². The third kappa shape index (κ3) is 2.00. The topological polar surface area (TPSA) is 26.3 Å². The molecule has 1 fully saturated rings. The van der Waals surface area contributed by atoms with Crippen LogP contribution < -0.4 is 0 Å². The van der Waals surface area contributed by atoms with Crippen LogP contribution >= 0.6 is 35.0 Å². The van der Waals surface area contributed by atoms with Gasteiger partial charge in [0, 0.05) is 5.75 Å². The van der Waals surface area contributed by atoms with Crippen molar-refractivity contribution in [2.24, 2.45) is 0 Å². The number of alkyl halides is 1. The number of thioether (sulfide) groups is 1. The van der Waals surface area contributed by atoms with Gasteiger partial charge in [0.2, 0.25) is 0 Å². The smallest absolute Gasteiger partial charge is 0.260 e. The van der Waals surface area contributed by atoms with Crippen molar-refractivity contribution in [1.29, 1.82) is 0 Å².